The molecule has 0 radical (unpaired) electrons. The van der Waals surface area contributed by atoms with Gasteiger partial charge in [-0.05, 0) is 57.5 Å². The van der Waals surface area contributed by atoms with E-state index in [1.165, 1.54) is 18.4 Å². The summed E-state index contributed by atoms with van der Waals surface area (Å²) in [6.07, 6.45) is 4.59. The van der Waals surface area contributed by atoms with Crippen molar-refractivity contribution in [3.8, 4) is 5.75 Å². The minimum atomic E-state index is 0.331. The number of nitrogens with one attached hydrogen (secondary N) is 1. The van der Waals surface area contributed by atoms with E-state index in [1.54, 1.807) is 7.11 Å². The van der Waals surface area contributed by atoms with Crippen LogP contribution in [0.15, 0.2) is 18.2 Å². The smallest absolute Gasteiger partial charge is 0.141 e. The number of methoxy groups -OCH3 is 1. The molecule has 1 saturated carbocycles. The number of nitrogens with two attached hydrogens (primary N) is 1. The predicted octanol–water partition coefficient (Wildman–Crippen LogP) is 2.44. The minimum Gasteiger partial charge on any atom is -0.495 e. The molecule has 0 bridgehead atoms. The molecule has 0 spiro atoms. The number of rotatable bonds is 5. The normalized spacial score (nSPS) is 22.9. The number of benzene rings is 1. The average Bonchev–Trinajstić information content (AvgIpc) is 2.38. The molecule has 0 aromatic heterocycles. The van der Waals surface area contributed by atoms with Gasteiger partial charge in [0.15, 0.2) is 0 Å². The van der Waals surface area contributed by atoms with Gasteiger partial charge in [-0.2, -0.15) is 0 Å². The highest BCUT2D eigenvalue weighted by atomic mass is 16.5. The SMILES string of the molecule is COc1ccc(CN(C)C)cc1NC1CCCC(N)C1. The largest absolute Gasteiger partial charge is 0.495 e. The Hall–Kier alpha value is -1.26. The highest BCUT2D eigenvalue weighted by Gasteiger charge is 2.20. The Balaban J connectivity index is 2.11. The zero-order valence-electron chi connectivity index (χ0n) is 12.9. The molecule has 1 aliphatic rings. The molecule has 2 rings (SSSR count). The van der Waals surface area contributed by atoms with E-state index < -0.39 is 0 Å². The molecule has 0 amide bonds. The van der Waals surface area contributed by atoms with Gasteiger partial charge in [-0.3, -0.25) is 0 Å². The first-order valence-electron chi connectivity index (χ1n) is 7.42. The molecule has 4 nitrogen and oxygen atoms in total. The van der Waals surface area contributed by atoms with Crippen LogP contribution in [0.25, 0.3) is 0 Å². The van der Waals surface area contributed by atoms with E-state index in [2.05, 4.69) is 36.4 Å². The van der Waals surface area contributed by atoms with Crippen LogP contribution in [-0.4, -0.2) is 38.2 Å². The molecule has 2 atom stereocenters. The maximum absolute atomic E-state index is 6.07. The van der Waals surface area contributed by atoms with E-state index in [4.69, 9.17) is 10.5 Å². The lowest BCUT2D eigenvalue weighted by Gasteiger charge is -2.29. The first kappa shape index (κ1) is 15.1. The molecule has 112 valence electrons. The highest BCUT2D eigenvalue weighted by Crippen LogP contribution is 2.29. The third-order valence-electron chi connectivity index (χ3n) is 3.84. The van der Waals surface area contributed by atoms with Crippen molar-refractivity contribution in [2.45, 2.75) is 44.3 Å². The number of anilines is 1. The van der Waals surface area contributed by atoms with E-state index >= 15 is 0 Å². The van der Waals surface area contributed by atoms with Gasteiger partial charge in [0.25, 0.3) is 0 Å². The molecule has 2 unspecified atom stereocenters. The minimum absolute atomic E-state index is 0.331. The molecular formula is C16H27N3O. The molecule has 3 N–H and O–H groups in total. The van der Waals surface area contributed by atoms with Gasteiger partial charge in [-0.25, -0.2) is 0 Å². The van der Waals surface area contributed by atoms with E-state index in [-0.39, 0.29) is 0 Å². The second-order valence-electron chi connectivity index (χ2n) is 6.04. The van der Waals surface area contributed by atoms with Crippen molar-refractivity contribution in [2.24, 2.45) is 5.73 Å². The first-order valence-corrected chi connectivity index (χ1v) is 7.42. The maximum atomic E-state index is 6.07. The highest BCUT2D eigenvalue weighted by molar-refractivity contribution is 5.58. The maximum Gasteiger partial charge on any atom is 0.141 e. The van der Waals surface area contributed by atoms with E-state index in [0.29, 0.717) is 12.1 Å². The summed E-state index contributed by atoms with van der Waals surface area (Å²) < 4.78 is 5.47. The summed E-state index contributed by atoms with van der Waals surface area (Å²) >= 11 is 0. The van der Waals surface area contributed by atoms with Crippen LogP contribution in [0.4, 0.5) is 5.69 Å². The van der Waals surface area contributed by atoms with Gasteiger partial charge >= 0.3 is 0 Å². The number of hydrogen-bond donors (Lipinski definition) is 2. The van der Waals surface area contributed by atoms with Gasteiger partial charge in [-0.15, -0.1) is 0 Å². The molecule has 0 heterocycles. The van der Waals surface area contributed by atoms with Crippen LogP contribution in [0.1, 0.15) is 31.2 Å². The van der Waals surface area contributed by atoms with Crippen LogP contribution in [0.5, 0.6) is 5.75 Å². The van der Waals surface area contributed by atoms with E-state index in [9.17, 15) is 0 Å². The molecule has 1 aromatic rings. The summed E-state index contributed by atoms with van der Waals surface area (Å²) in [4.78, 5) is 2.17. The van der Waals surface area contributed by atoms with Gasteiger partial charge in [0.1, 0.15) is 5.75 Å². The summed E-state index contributed by atoms with van der Waals surface area (Å²) in [5, 5.41) is 3.62. The van der Waals surface area contributed by atoms with Crippen LogP contribution in [-0.2, 0) is 6.54 Å². The quantitative estimate of drug-likeness (QED) is 0.868. The van der Waals surface area contributed by atoms with Crippen LogP contribution in [0.2, 0.25) is 0 Å². The average molecular weight is 277 g/mol. The van der Waals surface area contributed by atoms with Crippen molar-refractivity contribution in [2.75, 3.05) is 26.5 Å². The fourth-order valence-corrected chi connectivity index (χ4v) is 2.91. The lowest BCUT2D eigenvalue weighted by atomic mass is 9.91. The Morgan fingerprint density at radius 3 is 2.80 bits per heavy atom. The van der Waals surface area contributed by atoms with Crippen molar-refractivity contribution in [1.82, 2.24) is 4.90 Å². The summed E-state index contributed by atoms with van der Waals surface area (Å²) in [6, 6.07) is 7.15. The predicted molar refractivity (Wildman–Crippen MR) is 84.2 cm³/mol. The zero-order chi connectivity index (χ0) is 14.5. The Labute approximate surface area is 122 Å². The Morgan fingerprint density at radius 2 is 2.15 bits per heavy atom. The van der Waals surface area contributed by atoms with Gasteiger partial charge in [0.05, 0.1) is 12.8 Å². The standard InChI is InChI=1S/C16H27N3O/c1-19(2)11-12-7-8-16(20-3)15(9-12)18-14-6-4-5-13(17)10-14/h7-9,13-14,18H,4-6,10-11,17H2,1-3H3. The van der Waals surface area contributed by atoms with Crippen LogP contribution in [0, 0.1) is 0 Å². The third-order valence-corrected chi connectivity index (χ3v) is 3.84. The van der Waals surface area contributed by atoms with E-state index in [0.717, 1.165) is 30.8 Å². The van der Waals surface area contributed by atoms with Crippen LogP contribution >= 0.6 is 0 Å². The van der Waals surface area contributed by atoms with Crippen LogP contribution in [0.3, 0.4) is 0 Å². The molecule has 20 heavy (non-hydrogen) atoms. The van der Waals surface area contributed by atoms with Crippen molar-refractivity contribution in [3.05, 3.63) is 23.8 Å². The van der Waals surface area contributed by atoms with Crippen molar-refractivity contribution in [3.63, 3.8) is 0 Å². The summed E-state index contributed by atoms with van der Waals surface area (Å²) in [5.41, 5.74) is 8.45. The van der Waals surface area contributed by atoms with Crippen LogP contribution < -0.4 is 15.8 Å². The van der Waals surface area contributed by atoms with Gasteiger partial charge in [0, 0.05) is 18.6 Å². The molecule has 1 aliphatic carbocycles. The Morgan fingerprint density at radius 1 is 1.35 bits per heavy atom. The Bertz CT molecular complexity index is 434. The second-order valence-corrected chi connectivity index (χ2v) is 6.04. The second kappa shape index (κ2) is 6.95. The molecule has 1 fully saturated rings. The van der Waals surface area contributed by atoms with Gasteiger partial charge < -0.3 is 20.7 Å². The Kier molecular flexibility index (Phi) is 5.26. The van der Waals surface area contributed by atoms with Crippen molar-refractivity contribution in [1.29, 1.82) is 0 Å². The molecule has 0 saturated heterocycles. The lowest BCUT2D eigenvalue weighted by Crippen LogP contribution is -2.35. The number of nitrogens with zero attached hydrogens (tertiary/aromatic N) is 1. The first-order chi connectivity index (χ1) is 9.58. The molecule has 4 heteroatoms. The number of ether oxygens (including phenoxy) is 1. The van der Waals surface area contributed by atoms with Crippen molar-refractivity contribution < 1.29 is 4.74 Å². The summed E-state index contributed by atoms with van der Waals surface area (Å²) in [7, 11) is 5.88. The molecular weight excluding hydrogens is 250 g/mol. The topological polar surface area (TPSA) is 50.5 Å². The third kappa shape index (κ3) is 4.12. The molecule has 1 aromatic carbocycles. The zero-order valence-corrected chi connectivity index (χ0v) is 12.9. The summed E-state index contributed by atoms with van der Waals surface area (Å²) in [5.74, 6) is 0.909. The van der Waals surface area contributed by atoms with Gasteiger partial charge in [-0.1, -0.05) is 6.07 Å². The van der Waals surface area contributed by atoms with E-state index in [1.807, 2.05) is 6.07 Å². The molecule has 0 aliphatic heterocycles. The fraction of sp³-hybridized carbons (Fsp3) is 0.625. The van der Waals surface area contributed by atoms with Gasteiger partial charge in [0.2, 0.25) is 0 Å². The number of hydrogen-bond acceptors (Lipinski definition) is 4. The van der Waals surface area contributed by atoms with Crippen molar-refractivity contribution >= 4 is 5.69 Å². The summed E-state index contributed by atoms with van der Waals surface area (Å²) in [6.45, 7) is 0.933. The fourth-order valence-electron chi connectivity index (χ4n) is 2.91. The monoisotopic (exact) mass is 277 g/mol. The lowest BCUT2D eigenvalue weighted by molar-refractivity contribution is 0.395.